The van der Waals surface area contributed by atoms with Crippen molar-refractivity contribution in [3.05, 3.63) is 87.5 Å². The average Bonchev–Trinajstić information content (AvgIpc) is 3.55. The first-order chi connectivity index (χ1) is 17.3. The van der Waals surface area contributed by atoms with Crippen molar-refractivity contribution < 1.29 is 9.59 Å². The van der Waals surface area contributed by atoms with Gasteiger partial charge in [-0.25, -0.2) is 4.98 Å². The molecule has 36 heavy (non-hydrogen) atoms. The Balaban J connectivity index is 1.29. The van der Waals surface area contributed by atoms with Crippen LogP contribution in [0.2, 0.25) is 10.0 Å². The van der Waals surface area contributed by atoms with Crippen LogP contribution in [0.15, 0.2) is 60.8 Å². The number of anilines is 2. The number of hydrogen-bond acceptors (Lipinski definition) is 4. The van der Waals surface area contributed by atoms with Crippen molar-refractivity contribution in [1.29, 1.82) is 0 Å². The number of nitrogens with one attached hydrogen (secondary N) is 2. The van der Waals surface area contributed by atoms with Gasteiger partial charge in [0.2, 0.25) is 0 Å². The molecule has 1 aromatic heterocycles. The van der Waals surface area contributed by atoms with Crippen LogP contribution < -0.4 is 10.6 Å². The summed E-state index contributed by atoms with van der Waals surface area (Å²) in [5, 5.41) is 6.42. The summed E-state index contributed by atoms with van der Waals surface area (Å²) >= 11 is 12.0. The van der Waals surface area contributed by atoms with Crippen molar-refractivity contribution in [2.75, 3.05) is 23.7 Å². The van der Waals surface area contributed by atoms with E-state index >= 15 is 0 Å². The smallest absolute Gasteiger partial charge is 0.258 e. The highest BCUT2D eigenvalue weighted by molar-refractivity contribution is 6.31. The highest BCUT2D eigenvalue weighted by Gasteiger charge is 2.46. The van der Waals surface area contributed by atoms with Crippen LogP contribution in [-0.4, -0.2) is 40.8 Å². The van der Waals surface area contributed by atoms with Gasteiger partial charge in [0.25, 0.3) is 11.8 Å². The molecule has 2 aromatic carbocycles. The summed E-state index contributed by atoms with van der Waals surface area (Å²) in [5.74, 6) is -0.389. The van der Waals surface area contributed by atoms with Gasteiger partial charge in [-0.15, -0.1) is 0 Å². The first kappa shape index (κ1) is 24.8. The molecule has 3 aromatic rings. The van der Waals surface area contributed by atoms with Gasteiger partial charge in [0, 0.05) is 34.8 Å². The van der Waals surface area contributed by atoms with Crippen LogP contribution in [-0.2, 0) is 5.41 Å². The molecule has 1 aliphatic carbocycles. The second-order valence-electron chi connectivity index (χ2n) is 9.78. The molecule has 2 N–H and O–H groups in total. The fourth-order valence-electron chi connectivity index (χ4n) is 4.92. The van der Waals surface area contributed by atoms with Crippen LogP contribution in [0.3, 0.4) is 0 Å². The normalized spacial score (nSPS) is 18.6. The summed E-state index contributed by atoms with van der Waals surface area (Å²) in [7, 11) is 0. The zero-order valence-electron chi connectivity index (χ0n) is 20.1. The second-order valence-corrected chi connectivity index (χ2v) is 10.7. The standard InChI is InChI=1S/C28H28Cl2N4O2/c1-18-3-2-14-34(18)17-28(12-13-28)20-6-4-19(5-7-20)26(35)32-24-10-8-21(29)15-23(24)27(36)33-25-11-9-22(30)16-31-25/h4-11,15-16,18H,2-3,12-14,17H2,1H3,(H,32,35)(H,31,33,36). The van der Waals surface area contributed by atoms with Crippen molar-refractivity contribution in [2.24, 2.45) is 0 Å². The molecule has 2 heterocycles. The van der Waals surface area contributed by atoms with Crippen LogP contribution in [0.5, 0.6) is 0 Å². The summed E-state index contributed by atoms with van der Waals surface area (Å²) in [6.07, 6.45) is 6.37. The summed E-state index contributed by atoms with van der Waals surface area (Å²) in [4.78, 5) is 32.7. The monoisotopic (exact) mass is 522 g/mol. The highest BCUT2D eigenvalue weighted by atomic mass is 35.5. The second kappa shape index (κ2) is 10.2. The van der Waals surface area contributed by atoms with E-state index in [9.17, 15) is 9.59 Å². The maximum Gasteiger partial charge on any atom is 0.258 e. The quantitative estimate of drug-likeness (QED) is 0.376. The Labute approximate surface area is 221 Å². The van der Waals surface area contributed by atoms with E-state index in [2.05, 4.69) is 39.6 Å². The molecular formula is C28H28Cl2N4O2. The van der Waals surface area contributed by atoms with E-state index in [0.29, 0.717) is 33.2 Å². The first-order valence-electron chi connectivity index (χ1n) is 12.2. The van der Waals surface area contributed by atoms with Gasteiger partial charge in [0.15, 0.2) is 0 Å². The number of rotatable bonds is 7. The molecule has 2 fully saturated rings. The Hall–Kier alpha value is -2.93. The van der Waals surface area contributed by atoms with Crippen LogP contribution in [0.1, 0.15) is 58.9 Å². The minimum Gasteiger partial charge on any atom is -0.321 e. The van der Waals surface area contributed by atoms with Crippen LogP contribution in [0.4, 0.5) is 11.5 Å². The Bertz CT molecular complexity index is 1270. The largest absolute Gasteiger partial charge is 0.321 e. The van der Waals surface area contributed by atoms with Gasteiger partial charge < -0.3 is 10.6 Å². The summed E-state index contributed by atoms with van der Waals surface area (Å²) in [6.45, 7) is 4.58. The molecule has 6 nitrogen and oxygen atoms in total. The number of benzene rings is 2. The lowest BCUT2D eigenvalue weighted by molar-refractivity contribution is 0.102. The van der Waals surface area contributed by atoms with E-state index in [0.717, 1.165) is 6.54 Å². The molecule has 1 saturated carbocycles. The van der Waals surface area contributed by atoms with Crippen molar-refractivity contribution in [1.82, 2.24) is 9.88 Å². The minimum atomic E-state index is -0.440. The van der Waals surface area contributed by atoms with E-state index in [-0.39, 0.29) is 16.9 Å². The highest BCUT2D eigenvalue weighted by Crippen LogP contribution is 2.49. The lowest BCUT2D eigenvalue weighted by Crippen LogP contribution is -2.34. The number of pyridine rings is 1. The third-order valence-corrected chi connectivity index (χ3v) is 7.71. The summed E-state index contributed by atoms with van der Waals surface area (Å²) < 4.78 is 0. The molecule has 5 rings (SSSR count). The molecule has 2 aliphatic rings. The van der Waals surface area contributed by atoms with E-state index in [1.165, 1.54) is 50.1 Å². The number of halogens is 2. The number of likely N-dealkylation sites (tertiary alicyclic amines) is 1. The van der Waals surface area contributed by atoms with Gasteiger partial charge in [-0.05, 0) is 87.2 Å². The zero-order chi connectivity index (χ0) is 25.3. The number of carbonyl (C=O) groups is 2. The number of carbonyl (C=O) groups excluding carboxylic acids is 2. The Morgan fingerprint density at radius 1 is 1.00 bits per heavy atom. The van der Waals surface area contributed by atoms with Crippen molar-refractivity contribution in [3.63, 3.8) is 0 Å². The topological polar surface area (TPSA) is 74.3 Å². The van der Waals surface area contributed by atoms with Crippen LogP contribution in [0.25, 0.3) is 0 Å². The molecular weight excluding hydrogens is 495 g/mol. The van der Waals surface area contributed by atoms with Gasteiger partial charge in [0.05, 0.1) is 16.3 Å². The molecule has 0 radical (unpaired) electrons. The summed E-state index contributed by atoms with van der Waals surface area (Å²) in [6, 6.07) is 16.5. The fourth-order valence-corrected chi connectivity index (χ4v) is 5.21. The van der Waals surface area contributed by atoms with Gasteiger partial charge in [-0.1, -0.05) is 35.3 Å². The Morgan fingerprint density at radius 3 is 2.39 bits per heavy atom. The minimum absolute atomic E-state index is 0.213. The van der Waals surface area contributed by atoms with E-state index in [4.69, 9.17) is 23.2 Å². The van der Waals surface area contributed by atoms with Gasteiger partial charge >= 0.3 is 0 Å². The molecule has 0 bridgehead atoms. The van der Waals surface area contributed by atoms with Gasteiger partial charge in [-0.3, -0.25) is 14.5 Å². The van der Waals surface area contributed by atoms with Gasteiger partial charge in [-0.2, -0.15) is 0 Å². The Morgan fingerprint density at radius 2 is 1.75 bits per heavy atom. The number of amides is 2. The molecule has 1 aliphatic heterocycles. The first-order valence-corrected chi connectivity index (χ1v) is 13.0. The van der Waals surface area contributed by atoms with Crippen molar-refractivity contribution in [3.8, 4) is 0 Å². The average molecular weight is 523 g/mol. The van der Waals surface area contributed by atoms with Crippen LogP contribution in [0, 0.1) is 0 Å². The molecule has 1 atom stereocenters. The molecule has 1 saturated heterocycles. The molecule has 2 amide bonds. The van der Waals surface area contributed by atoms with E-state index < -0.39 is 5.91 Å². The lowest BCUT2D eigenvalue weighted by Gasteiger charge is -2.27. The maximum atomic E-state index is 13.1. The predicted octanol–water partition coefficient (Wildman–Crippen LogP) is 6.41. The molecule has 1 unspecified atom stereocenters. The molecule has 0 spiro atoms. The molecule has 186 valence electrons. The lowest BCUT2D eigenvalue weighted by atomic mass is 9.94. The number of hydrogen-bond donors (Lipinski definition) is 2. The zero-order valence-corrected chi connectivity index (χ0v) is 21.6. The number of aromatic nitrogens is 1. The van der Waals surface area contributed by atoms with Crippen molar-refractivity contribution in [2.45, 2.75) is 44.1 Å². The van der Waals surface area contributed by atoms with E-state index in [1.54, 1.807) is 24.3 Å². The maximum absolute atomic E-state index is 13.1. The van der Waals surface area contributed by atoms with Gasteiger partial charge in [0.1, 0.15) is 5.82 Å². The van der Waals surface area contributed by atoms with Crippen LogP contribution >= 0.6 is 23.2 Å². The third-order valence-electron chi connectivity index (χ3n) is 7.25. The van der Waals surface area contributed by atoms with E-state index in [1.807, 2.05) is 12.1 Å². The SMILES string of the molecule is CC1CCCN1CC1(c2ccc(C(=O)Nc3ccc(Cl)cc3C(=O)Nc3ccc(Cl)cn3)cc2)CC1. The molecule has 8 heteroatoms. The van der Waals surface area contributed by atoms with Crippen molar-refractivity contribution >= 4 is 46.5 Å². The Kier molecular flexibility index (Phi) is 7.02. The summed E-state index contributed by atoms with van der Waals surface area (Å²) in [5.41, 5.74) is 2.64. The third kappa shape index (κ3) is 5.41. The number of nitrogens with zero attached hydrogens (tertiary/aromatic N) is 2. The predicted molar refractivity (Wildman–Crippen MR) is 144 cm³/mol. The fraction of sp³-hybridized carbons (Fsp3) is 0.321.